The largest absolute Gasteiger partial charge is 0.481 e. The zero-order valence-electron chi connectivity index (χ0n) is 11.3. The smallest absolute Gasteiger partial charge is 0.310 e. The first-order chi connectivity index (χ1) is 8.67. The van der Waals surface area contributed by atoms with Crippen LogP contribution in [0.25, 0.3) is 0 Å². The third kappa shape index (κ3) is 6.53. The van der Waals surface area contributed by atoms with Crippen molar-refractivity contribution >= 4 is 21.9 Å². The molecule has 1 amide bonds. The van der Waals surface area contributed by atoms with E-state index in [2.05, 4.69) is 5.32 Å². The quantitative estimate of drug-likeness (QED) is 0.518. The Hall–Kier alpha value is -1.15. The van der Waals surface area contributed by atoms with Crippen LogP contribution in [0.1, 0.15) is 39.5 Å². The van der Waals surface area contributed by atoms with E-state index < -0.39 is 21.4 Å². The molecular formula is C11H22N2O5S. The van der Waals surface area contributed by atoms with Gasteiger partial charge in [-0.3, -0.25) is 9.59 Å². The molecule has 0 radical (unpaired) electrons. The lowest BCUT2D eigenvalue weighted by Crippen LogP contribution is -2.37. The van der Waals surface area contributed by atoms with E-state index in [4.69, 9.17) is 5.14 Å². The molecule has 0 saturated heterocycles. The van der Waals surface area contributed by atoms with Crippen LogP contribution < -0.4 is 10.5 Å². The molecule has 0 atom stereocenters. The molecule has 8 heteroatoms. The molecule has 0 heterocycles. The average molecular weight is 294 g/mol. The lowest BCUT2D eigenvalue weighted by atomic mass is 9.79. The highest BCUT2D eigenvalue weighted by molar-refractivity contribution is 7.89. The number of amides is 1. The van der Waals surface area contributed by atoms with Gasteiger partial charge in [-0.15, -0.1) is 0 Å². The second-order valence-corrected chi connectivity index (χ2v) is 6.27. The Bertz CT molecular complexity index is 415. The van der Waals surface area contributed by atoms with Crippen LogP contribution in [0, 0.1) is 5.41 Å². The minimum atomic E-state index is -3.53. The van der Waals surface area contributed by atoms with Crippen molar-refractivity contribution in [3.63, 3.8) is 0 Å². The van der Waals surface area contributed by atoms with Crippen LogP contribution >= 0.6 is 0 Å². The maximum absolute atomic E-state index is 11.7. The minimum absolute atomic E-state index is 0.106. The number of primary sulfonamides is 1. The van der Waals surface area contributed by atoms with Crippen molar-refractivity contribution in [3.8, 4) is 0 Å². The summed E-state index contributed by atoms with van der Waals surface area (Å²) in [5, 5.41) is 16.5. The Kier molecular flexibility index (Phi) is 6.99. The van der Waals surface area contributed by atoms with Gasteiger partial charge in [0.05, 0.1) is 11.2 Å². The number of sulfonamides is 1. The van der Waals surface area contributed by atoms with Crippen LogP contribution in [0.2, 0.25) is 0 Å². The molecule has 0 rings (SSSR count). The van der Waals surface area contributed by atoms with Crippen LogP contribution in [-0.2, 0) is 19.6 Å². The van der Waals surface area contributed by atoms with Gasteiger partial charge in [0.15, 0.2) is 0 Å². The summed E-state index contributed by atoms with van der Waals surface area (Å²) < 4.78 is 21.3. The summed E-state index contributed by atoms with van der Waals surface area (Å²) in [6.45, 7) is 3.62. The fourth-order valence-corrected chi connectivity index (χ4v) is 2.30. The van der Waals surface area contributed by atoms with Gasteiger partial charge in [-0.05, 0) is 19.3 Å². The molecule has 0 aliphatic heterocycles. The predicted molar refractivity (Wildman–Crippen MR) is 70.9 cm³/mol. The molecule has 0 fully saturated rings. The molecule has 0 aromatic carbocycles. The highest BCUT2D eigenvalue weighted by Crippen LogP contribution is 2.30. The number of hydrogen-bond acceptors (Lipinski definition) is 4. The number of carboxylic acids is 1. The Morgan fingerprint density at radius 3 is 2.16 bits per heavy atom. The minimum Gasteiger partial charge on any atom is -0.481 e. The molecule has 0 aliphatic carbocycles. The third-order valence-electron chi connectivity index (χ3n) is 3.23. The zero-order chi connectivity index (χ0) is 15.1. The summed E-state index contributed by atoms with van der Waals surface area (Å²) in [6.07, 6.45) is 0.834. The van der Waals surface area contributed by atoms with Crippen LogP contribution in [-0.4, -0.2) is 37.7 Å². The summed E-state index contributed by atoms with van der Waals surface area (Å²) in [7, 11) is -3.53. The lowest BCUT2D eigenvalue weighted by molar-refractivity contribution is -0.152. The van der Waals surface area contributed by atoms with Crippen molar-refractivity contribution in [2.24, 2.45) is 10.6 Å². The Balaban J connectivity index is 4.26. The number of carboxylic acid groups (broad SMARTS) is 1. The molecule has 0 spiro atoms. The zero-order valence-corrected chi connectivity index (χ0v) is 12.1. The fourth-order valence-electron chi connectivity index (χ4n) is 1.75. The highest BCUT2D eigenvalue weighted by atomic mass is 32.2. The van der Waals surface area contributed by atoms with Crippen molar-refractivity contribution in [2.45, 2.75) is 39.5 Å². The van der Waals surface area contributed by atoms with E-state index >= 15 is 0 Å². The van der Waals surface area contributed by atoms with E-state index in [1.54, 1.807) is 13.8 Å². The summed E-state index contributed by atoms with van der Waals surface area (Å²) in [6, 6.07) is 0. The molecule has 0 unspecified atom stereocenters. The monoisotopic (exact) mass is 294 g/mol. The first-order valence-electron chi connectivity index (χ1n) is 6.17. The van der Waals surface area contributed by atoms with Crippen LogP contribution in [0.3, 0.4) is 0 Å². The van der Waals surface area contributed by atoms with E-state index in [0.29, 0.717) is 12.8 Å². The van der Waals surface area contributed by atoms with Crippen molar-refractivity contribution in [2.75, 3.05) is 12.3 Å². The standard InChI is InChI=1S/C11H22N2O5S/c1-3-11(4-2,10(15)16)8-9(14)13-6-5-7-19(12,17)18/h3-8H2,1-2H3,(H,13,14)(H,15,16)(H2,12,17,18). The van der Waals surface area contributed by atoms with E-state index in [1.165, 1.54) is 0 Å². The first-order valence-corrected chi connectivity index (χ1v) is 7.89. The number of nitrogens with two attached hydrogens (primary N) is 1. The molecule has 0 aromatic rings. The number of carbonyl (C=O) groups excluding carboxylic acids is 1. The van der Waals surface area contributed by atoms with Gasteiger partial charge in [0, 0.05) is 13.0 Å². The molecule has 0 bridgehead atoms. The van der Waals surface area contributed by atoms with Crippen molar-refractivity contribution < 1.29 is 23.1 Å². The molecule has 19 heavy (non-hydrogen) atoms. The van der Waals surface area contributed by atoms with Gasteiger partial charge in [0.25, 0.3) is 0 Å². The summed E-state index contributed by atoms with van der Waals surface area (Å²) >= 11 is 0. The molecular weight excluding hydrogens is 272 g/mol. The fraction of sp³-hybridized carbons (Fsp3) is 0.818. The normalized spacial score (nSPS) is 12.2. The Labute approximate surface area is 113 Å². The van der Waals surface area contributed by atoms with Crippen molar-refractivity contribution in [1.29, 1.82) is 0 Å². The summed E-state index contributed by atoms with van der Waals surface area (Å²) in [5.41, 5.74) is -1.05. The molecule has 0 saturated carbocycles. The van der Waals surface area contributed by atoms with Crippen LogP contribution in [0.15, 0.2) is 0 Å². The molecule has 112 valence electrons. The van der Waals surface area contributed by atoms with Gasteiger partial charge in [-0.1, -0.05) is 13.8 Å². The van der Waals surface area contributed by atoms with Gasteiger partial charge in [-0.2, -0.15) is 0 Å². The maximum Gasteiger partial charge on any atom is 0.310 e. The second-order valence-electron chi connectivity index (χ2n) is 4.54. The number of carbonyl (C=O) groups is 2. The molecule has 7 nitrogen and oxygen atoms in total. The Morgan fingerprint density at radius 1 is 1.26 bits per heavy atom. The van der Waals surface area contributed by atoms with Crippen LogP contribution in [0.4, 0.5) is 0 Å². The topological polar surface area (TPSA) is 127 Å². The number of nitrogens with one attached hydrogen (secondary N) is 1. The van der Waals surface area contributed by atoms with Gasteiger partial charge >= 0.3 is 5.97 Å². The number of rotatable bonds is 9. The maximum atomic E-state index is 11.7. The van der Waals surface area contributed by atoms with E-state index in [-0.39, 0.29) is 31.0 Å². The second kappa shape index (κ2) is 7.44. The van der Waals surface area contributed by atoms with Crippen LogP contribution in [0.5, 0.6) is 0 Å². The number of hydrogen-bond donors (Lipinski definition) is 3. The highest BCUT2D eigenvalue weighted by Gasteiger charge is 2.36. The van der Waals surface area contributed by atoms with Gasteiger partial charge < -0.3 is 10.4 Å². The van der Waals surface area contributed by atoms with E-state index in [0.717, 1.165) is 0 Å². The van der Waals surface area contributed by atoms with E-state index in [9.17, 15) is 23.1 Å². The molecule has 0 aliphatic rings. The molecule has 4 N–H and O–H groups in total. The van der Waals surface area contributed by atoms with Gasteiger partial charge in [0.2, 0.25) is 15.9 Å². The summed E-state index contributed by atoms with van der Waals surface area (Å²) in [5.74, 6) is -1.59. The Morgan fingerprint density at radius 2 is 1.79 bits per heavy atom. The van der Waals surface area contributed by atoms with Gasteiger partial charge in [-0.25, -0.2) is 13.6 Å². The summed E-state index contributed by atoms with van der Waals surface area (Å²) in [4.78, 5) is 22.9. The first kappa shape index (κ1) is 17.8. The van der Waals surface area contributed by atoms with E-state index in [1.807, 2.05) is 0 Å². The predicted octanol–water partition coefficient (Wildman–Crippen LogP) is 0.0623. The van der Waals surface area contributed by atoms with Gasteiger partial charge in [0.1, 0.15) is 0 Å². The SMILES string of the molecule is CCC(CC)(CC(=O)NCCCS(N)(=O)=O)C(=O)O. The number of aliphatic carboxylic acids is 1. The third-order valence-corrected chi connectivity index (χ3v) is 4.09. The lowest BCUT2D eigenvalue weighted by Gasteiger charge is -2.25. The van der Waals surface area contributed by atoms with Crippen molar-refractivity contribution in [3.05, 3.63) is 0 Å². The molecule has 0 aromatic heterocycles. The van der Waals surface area contributed by atoms with Crippen molar-refractivity contribution in [1.82, 2.24) is 5.32 Å². The average Bonchev–Trinajstić information content (AvgIpc) is 2.30.